The van der Waals surface area contributed by atoms with Crippen molar-refractivity contribution in [2.75, 3.05) is 0 Å². The van der Waals surface area contributed by atoms with Crippen LogP contribution in [0.15, 0.2) is 23.8 Å². The maximum Gasteiger partial charge on any atom is 0.333 e. The number of carbonyl (C=O) groups is 2. The molecule has 0 radical (unpaired) electrons. The van der Waals surface area contributed by atoms with Crippen molar-refractivity contribution < 1.29 is 19.4 Å². The van der Waals surface area contributed by atoms with E-state index in [4.69, 9.17) is 4.74 Å². The molecule has 2 saturated carbocycles. The van der Waals surface area contributed by atoms with Gasteiger partial charge in [0.2, 0.25) is 0 Å². The van der Waals surface area contributed by atoms with Crippen molar-refractivity contribution in [1.82, 2.24) is 0 Å². The zero-order chi connectivity index (χ0) is 16.9. The van der Waals surface area contributed by atoms with Crippen molar-refractivity contribution in [3.05, 3.63) is 23.8 Å². The quantitative estimate of drug-likeness (QED) is 0.635. The van der Waals surface area contributed by atoms with Crippen LogP contribution >= 0.6 is 0 Å². The second-order valence-electron chi connectivity index (χ2n) is 7.69. The van der Waals surface area contributed by atoms with E-state index >= 15 is 0 Å². The van der Waals surface area contributed by atoms with Crippen LogP contribution in [0.4, 0.5) is 0 Å². The topological polar surface area (TPSA) is 63.6 Å². The Balaban J connectivity index is 2.54. The zero-order valence-electron chi connectivity index (χ0n) is 14.2. The van der Waals surface area contributed by atoms with Crippen LogP contribution in [0.2, 0.25) is 0 Å². The SMILES string of the molecule is C=C(C)C(=O)OC1(C=C(C)C(=O)O)C[C@H]2CC[C@@]1(C)C2(C)C. The summed E-state index contributed by atoms with van der Waals surface area (Å²) < 4.78 is 5.88. The first-order chi connectivity index (χ1) is 9.97. The van der Waals surface area contributed by atoms with Crippen LogP contribution in [-0.2, 0) is 14.3 Å². The largest absolute Gasteiger partial charge is 0.478 e. The van der Waals surface area contributed by atoms with Crippen LogP contribution < -0.4 is 0 Å². The Morgan fingerprint density at radius 3 is 2.23 bits per heavy atom. The molecule has 2 aliphatic rings. The number of rotatable bonds is 4. The van der Waals surface area contributed by atoms with E-state index in [2.05, 4.69) is 27.4 Å². The third-order valence-corrected chi connectivity index (χ3v) is 6.33. The van der Waals surface area contributed by atoms with Crippen LogP contribution in [0.25, 0.3) is 0 Å². The molecule has 0 heterocycles. The van der Waals surface area contributed by atoms with Gasteiger partial charge in [-0.3, -0.25) is 0 Å². The van der Waals surface area contributed by atoms with Gasteiger partial charge in [-0.25, -0.2) is 9.59 Å². The standard InChI is InChI=1S/C18H26O4/c1-11(2)15(21)22-18(9-12(3)14(19)20)10-13-7-8-17(18,6)16(13,4)5/h9,13H,1,7-8,10H2,2-6H3,(H,19,20)/t13-,17+,18?/m1/s1. The molecule has 2 fully saturated rings. The molecule has 0 aliphatic heterocycles. The number of hydrogen-bond donors (Lipinski definition) is 1. The summed E-state index contributed by atoms with van der Waals surface area (Å²) in [6, 6.07) is 0. The second-order valence-corrected chi connectivity index (χ2v) is 7.69. The number of carboxylic acid groups (broad SMARTS) is 1. The molecule has 122 valence electrons. The Kier molecular flexibility index (Phi) is 3.79. The fourth-order valence-corrected chi connectivity index (χ4v) is 4.37. The molecule has 1 unspecified atom stereocenters. The van der Waals surface area contributed by atoms with Gasteiger partial charge in [-0.05, 0) is 50.5 Å². The lowest BCUT2D eigenvalue weighted by molar-refractivity contribution is -0.164. The zero-order valence-corrected chi connectivity index (χ0v) is 14.2. The molecule has 0 saturated heterocycles. The van der Waals surface area contributed by atoms with Crippen molar-refractivity contribution in [1.29, 1.82) is 0 Å². The first-order valence-electron chi connectivity index (χ1n) is 7.78. The van der Waals surface area contributed by atoms with Crippen LogP contribution in [-0.4, -0.2) is 22.6 Å². The number of carbonyl (C=O) groups excluding carboxylic acids is 1. The highest BCUT2D eigenvalue weighted by Gasteiger charge is 2.70. The number of hydrogen-bond acceptors (Lipinski definition) is 3. The molecule has 2 aliphatic carbocycles. The maximum absolute atomic E-state index is 12.2. The maximum atomic E-state index is 12.2. The van der Waals surface area contributed by atoms with Crippen molar-refractivity contribution in [2.45, 2.75) is 59.5 Å². The molecule has 0 spiro atoms. The minimum atomic E-state index is -0.977. The Morgan fingerprint density at radius 2 is 1.86 bits per heavy atom. The van der Waals surface area contributed by atoms with Gasteiger partial charge in [0.1, 0.15) is 5.60 Å². The summed E-state index contributed by atoms with van der Waals surface area (Å²) >= 11 is 0. The summed E-state index contributed by atoms with van der Waals surface area (Å²) in [5.41, 5.74) is -0.578. The lowest BCUT2D eigenvalue weighted by Gasteiger charge is -2.46. The second kappa shape index (κ2) is 4.97. The molecular weight excluding hydrogens is 280 g/mol. The van der Waals surface area contributed by atoms with Gasteiger partial charge in [-0.2, -0.15) is 0 Å². The molecule has 0 aromatic carbocycles. The van der Waals surface area contributed by atoms with Gasteiger partial charge in [0, 0.05) is 16.6 Å². The molecule has 22 heavy (non-hydrogen) atoms. The van der Waals surface area contributed by atoms with E-state index in [-0.39, 0.29) is 16.4 Å². The van der Waals surface area contributed by atoms with E-state index < -0.39 is 17.5 Å². The van der Waals surface area contributed by atoms with Gasteiger partial charge in [-0.1, -0.05) is 27.4 Å². The van der Waals surface area contributed by atoms with E-state index in [9.17, 15) is 14.7 Å². The fraction of sp³-hybridized carbons (Fsp3) is 0.667. The Bertz CT molecular complexity index is 572. The molecule has 4 heteroatoms. The van der Waals surface area contributed by atoms with E-state index in [1.807, 2.05) is 0 Å². The summed E-state index contributed by atoms with van der Waals surface area (Å²) in [5.74, 6) is -0.998. The highest BCUT2D eigenvalue weighted by atomic mass is 16.6. The average molecular weight is 306 g/mol. The summed E-state index contributed by atoms with van der Waals surface area (Å²) in [6.07, 6.45) is 4.37. The molecule has 1 N–H and O–H groups in total. The van der Waals surface area contributed by atoms with Gasteiger partial charge in [0.25, 0.3) is 0 Å². The summed E-state index contributed by atoms with van der Waals surface area (Å²) in [4.78, 5) is 23.5. The third-order valence-electron chi connectivity index (χ3n) is 6.33. The highest BCUT2D eigenvalue weighted by molar-refractivity contribution is 5.88. The van der Waals surface area contributed by atoms with Crippen molar-refractivity contribution >= 4 is 11.9 Å². The van der Waals surface area contributed by atoms with Gasteiger partial charge in [-0.15, -0.1) is 0 Å². The highest BCUT2D eigenvalue weighted by Crippen LogP contribution is 2.71. The van der Waals surface area contributed by atoms with Crippen molar-refractivity contribution in [2.24, 2.45) is 16.7 Å². The molecule has 0 aromatic heterocycles. The molecule has 3 atom stereocenters. The number of carboxylic acids is 1. The van der Waals surface area contributed by atoms with Gasteiger partial charge in [0.05, 0.1) is 0 Å². The summed E-state index contributed by atoms with van der Waals surface area (Å²) in [6.45, 7) is 13.3. The average Bonchev–Trinajstić information content (AvgIpc) is 2.70. The predicted molar refractivity (Wildman–Crippen MR) is 84.3 cm³/mol. The first kappa shape index (κ1) is 16.8. The lowest BCUT2D eigenvalue weighted by Crippen LogP contribution is -2.49. The van der Waals surface area contributed by atoms with Crippen LogP contribution in [0.3, 0.4) is 0 Å². The van der Waals surface area contributed by atoms with Crippen LogP contribution in [0.5, 0.6) is 0 Å². The molecule has 2 rings (SSSR count). The fourth-order valence-electron chi connectivity index (χ4n) is 4.37. The minimum Gasteiger partial charge on any atom is -0.478 e. The first-order valence-corrected chi connectivity index (χ1v) is 7.78. The lowest BCUT2D eigenvalue weighted by atomic mass is 9.64. The van der Waals surface area contributed by atoms with Crippen molar-refractivity contribution in [3.8, 4) is 0 Å². The number of aliphatic carboxylic acids is 1. The van der Waals surface area contributed by atoms with Crippen molar-refractivity contribution in [3.63, 3.8) is 0 Å². The monoisotopic (exact) mass is 306 g/mol. The van der Waals surface area contributed by atoms with Gasteiger partial charge in [0.15, 0.2) is 0 Å². The Hall–Kier alpha value is -1.58. The number of esters is 1. The van der Waals surface area contributed by atoms with Crippen LogP contribution in [0, 0.1) is 16.7 Å². The molecular formula is C18H26O4. The smallest absolute Gasteiger partial charge is 0.333 e. The number of fused-ring (bicyclic) bond motifs is 2. The summed E-state index contributed by atoms with van der Waals surface area (Å²) in [5, 5.41) is 9.26. The van der Waals surface area contributed by atoms with E-state index in [0.717, 1.165) is 12.8 Å². The van der Waals surface area contributed by atoms with Crippen LogP contribution in [0.1, 0.15) is 53.9 Å². The minimum absolute atomic E-state index is 0.00234. The van der Waals surface area contributed by atoms with Gasteiger partial charge < -0.3 is 9.84 Å². The normalized spacial score (nSPS) is 36.2. The number of ether oxygens (including phenoxy) is 1. The summed E-state index contributed by atoms with van der Waals surface area (Å²) in [7, 11) is 0. The molecule has 0 amide bonds. The Morgan fingerprint density at radius 1 is 1.27 bits per heavy atom. The molecule has 2 bridgehead atoms. The van der Waals surface area contributed by atoms with E-state index in [0.29, 0.717) is 17.9 Å². The molecule has 4 nitrogen and oxygen atoms in total. The third kappa shape index (κ3) is 2.11. The predicted octanol–water partition coefficient (Wildman–Crippen LogP) is 3.72. The van der Waals surface area contributed by atoms with E-state index in [1.54, 1.807) is 19.9 Å². The Labute approximate surface area is 132 Å². The molecule has 0 aromatic rings. The van der Waals surface area contributed by atoms with E-state index in [1.165, 1.54) is 0 Å². The van der Waals surface area contributed by atoms with Gasteiger partial charge >= 0.3 is 11.9 Å².